The van der Waals surface area contributed by atoms with Crippen LogP contribution in [-0.2, 0) is 12.8 Å². The first kappa shape index (κ1) is 23.3. The molecule has 0 bridgehead atoms. The molecular weight excluding hydrogens is 388 g/mol. The van der Waals surface area contributed by atoms with E-state index in [4.69, 9.17) is 0 Å². The predicted molar refractivity (Wildman–Crippen MR) is 136 cm³/mol. The molecule has 2 aromatic rings. The van der Waals surface area contributed by atoms with E-state index in [0.717, 1.165) is 24.3 Å². The zero-order valence-electron chi connectivity index (χ0n) is 20.4. The number of rotatable bonds is 11. The van der Waals surface area contributed by atoms with Crippen molar-refractivity contribution in [3.8, 4) is 11.1 Å². The van der Waals surface area contributed by atoms with E-state index in [1.54, 1.807) is 0 Å². The van der Waals surface area contributed by atoms with Crippen molar-refractivity contribution in [3.05, 3.63) is 58.7 Å². The van der Waals surface area contributed by atoms with Crippen LogP contribution in [0.4, 0.5) is 0 Å². The molecule has 172 valence electrons. The number of carbonyl (C=O) groups is 1. The number of carbonyl (C=O) groups excluding carboxylic acids is 1. The van der Waals surface area contributed by atoms with Crippen molar-refractivity contribution in [2.45, 2.75) is 104 Å². The molecule has 0 saturated heterocycles. The van der Waals surface area contributed by atoms with E-state index in [-0.39, 0.29) is 0 Å². The number of hydrogen-bond donors (Lipinski definition) is 0. The Hall–Kier alpha value is -1.89. The summed E-state index contributed by atoms with van der Waals surface area (Å²) >= 11 is 0. The van der Waals surface area contributed by atoms with Gasteiger partial charge >= 0.3 is 0 Å². The predicted octanol–water partition coefficient (Wildman–Crippen LogP) is 8.95. The van der Waals surface area contributed by atoms with Crippen LogP contribution in [-0.4, -0.2) is 5.78 Å². The van der Waals surface area contributed by atoms with E-state index in [0.29, 0.717) is 11.7 Å². The van der Waals surface area contributed by atoms with Gasteiger partial charge in [0.05, 0.1) is 0 Å². The molecule has 0 N–H and O–H groups in total. The zero-order chi connectivity index (χ0) is 22.3. The Morgan fingerprint density at radius 3 is 2.19 bits per heavy atom. The van der Waals surface area contributed by atoms with E-state index < -0.39 is 0 Å². The van der Waals surface area contributed by atoms with Gasteiger partial charge in [-0.1, -0.05) is 95.5 Å². The fraction of sp³-hybridized carbons (Fsp3) is 0.581. The van der Waals surface area contributed by atoms with Crippen molar-refractivity contribution in [2.75, 3.05) is 0 Å². The number of ketones is 1. The Bertz CT molecular complexity index is 901. The number of benzene rings is 2. The molecule has 1 heteroatoms. The molecule has 1 nitrogen and oxygen atoms in total. The maximum atomic E-state index is 13.1. The van der Waals surface area contributed by atoms with Gasteiger partial charge < -0.3 is 0 Å². The molecule has 0 spiro atoms. The lowest BCUT2D eigenvalue weighted by molar-refractivity contribution is 0.0941. The van der Waals surface area contributed by atoms with Crippen LogP contribution in [0.2, 0.25) is 0 Å². The average Bonchev–Trinajstić information content (AvgIpc) is 3.17. The molecule has 2 aromatic carbocycles. The third-order valence-electron chi connectivity index (χ3n) is 7.99. The first-order valence-electron chi connectivity index (χ1n) is 13.5. The van der Waals surface area contributed by atoms with E-state index in [2.05, 4.69) is 50.2 Å². The Balaban J connectivity index is 1.32. The molecule has 0 aromatic heterocycles. The second-order valence-corrected chi connectivity index (χ2v) is 10.5. The second kappa shape index (κ2) is 11.3. The van der Waals surface area contributed by atoms with Crippen LogP contribution in [0.25, 0.3) is 11.1 Å². The van der Waals surface area contributed by atoms with Gasteiger partial charge in [-0.2, -0.15) is 0 Å². The highest BCUT2D eigenvalue weighted by molar-refractivity contribution is 5.97. The fourth-order valence-electron chi connectivity index (χ4n) is 5.96. The van der Waals surface area contributed by atoms with Gasteiger partial charge in [-0.25, -0.2) is 0 Å². The fourth-order valence-corrected chi connectivity index (χ4v) is 5.96. The first-order chi connectivity index (χ1) is 15.7. The number of aryl methyl sites for hydroxylation is 1. The van der Waals surface area contributed by atoms with Gasteiger partial charge in [-0.05, 0) is 77.8 Å². The highest BCUT2D eigenvalue weighted by Gasteiger charge is 2.25. The molecular formula is C31H42O. The summed E-state index contributed by atoms with van der Waals surface area (Å²) in [6.07, 6.45) is 17.4. The van der Waals surface area contributed by atoms with Gasteiger partial charge in [-0.15, -0.1) is 0 Å². The van der Waals surface area contributed by atoms with Crippen molar-refractivity contribution in [1.82, 2.24) is 0 Å². The number of hydrogen-bond acceptors (Lipinski definition) is 1. The first-order valence-corrected chi connectivity index (χ1v) is 13.5. The molecule has 0 amide bonds. The molecule has 0 atom stereocenters. The Labute approximate surface area is 196 Å². The third-order valence-corrected chi connectivity index (χ3v) is 7.99. The minimum Gasteiger partial charge on any atom is -0.294 e. The van der Waals surface area contributed by atoms with Crippen LogP contribution in [0.1, 0.15) is 118 Å². The molecule has 0 aliphatic heterocycles. The molecule has 4 rings (SSSR count). The minimum absolute atomic E-state index is 0.360. The SMILES string of the molecule is CCCCCc1ccc2c(c1)Cc1cc(C(=O)CC3CCC(CCCCC)CC3)ccc1-2. The van der Waals surface area contributed by atoms with Gasteiger partial charge in [0.25, 0.3) is 0 Å². The normalized spacial score (nSPS) is 19.6. The monoisotopic (exact) mass is 430 g/mol. The molecule has 1 saturated carbocycles. The standard InChI is InChI=1S/C31H42O/c1-3-5-7-9-23-11-13-25(14-12-23)20-31(32)26-16-18-30-28(21-26)22-27-19-24(10-8-6-4-2)15-17-29(27)30/h15-19,21,23,25H,3-14,20,22H2,1-2H3. The van der Waals surface area contributed by atoms with E-state index in [1.807, 2.05) is 0 Å². The summed E-state index contributed by atoms with van der Waals surface area (Å²) in [6, 6.07) is 13.5. The quantitative estimate of drug-likeness (QED) is 0.219. The summed E-state index contributed by atoms with van der Waals surface area (Å²) < 4.78 is 0. The highest BCUT2D eigenvalue weighted by Crippen LogP contribution is 2.39. The van der Waals surface area contributed by atoms with Crippen LogP contribution < -0.4 is 0 Å². The van der Waals surface area contributed by atoms with Crippen LogP contribution in [0.3, 0.4) is 0 Å². The van der Waals surface area contributed by atoms with Crippen molar-refractivity contribution < 1.29 is 4.79 Å². The average molecular weight is 431 g/mol. The number of Topliss-reactive ketones (excluding diaryl/α,β-unsaturated/α-hetero) is 1. The van der Waals surface area contributed by atoms with Crippen molar-refractivity contribution in [3.63, 3.8) is 0 Å². The van der Waals surface area contributed by atoms with Crippen LogP contribution in [0.15, 0.2) is 36.4 Å². The lowest BCUT2D eigenvalue weighted by Gasteiger charge is -2.28. The molecule has 0 unspecified atom stereocenters. The second-order valence-electron chi connectivity index (χ2n) is 10.5. The van der Waals surface area contributed by atoms with Gasteiger partial charge in [0.15, 0.2) is 5.78 Å². The third kappa shape index (κ3) is 5.72. The van der Waals surface area contributed by atoms with Crippen LogP contribution >= 0.6 is 0 Å². The molecule has 2 aliphatic rings. The maximum Gasteiger partial charge on any atom is 0.163 e. The number of unbranched alkanes of at least 4 members (excludes halogenated alkanes) is 4. The largest absolute Gasteiger partial charge is 0.294 e. The van der Waals surface area contributed by atoms with Crippen molar-refractivity contribution >= 4 is 5.78 Å². The van der Waals surface area contributed by atoms with Crippen molar-refractivity contribution in [1.29, 1.82) is 0 Å². The summed E-state index contributed by atoms with van der Waals surface area (Å²) in [5.74, 6) is 1.87. The van der Waals surface area contributed by atoms with E-state index in [1.165, 1.54) is 105 Å². The molecule has 1 fully saturated rings. The summed E-state index contributed by atoms with van der Waals surface area (Å²) in [7, 11) is 0. The molecule has 0 heterocycles. The summed E-state index contributed by atoms with van der Waals surface area (Å²) in [4.78, 5) is 13.1. The van der Waals surface area contributed by atoms with E-state index in [9.17, 15) is 4.79 Å². The highest BCUT2D eigenvalue weighted by atomic mass is 16.1. The van der Waals surface area contributed by atoms with Gasteiger partial charge in [0, 0.05) is 12.0 Å². The lowest BCUT2D eigenvalue weighted by atomic mass is 9.77. The van der Waals surface area contributed by atoms with Gasteiger partial charge in [0.2, 0.25) is 0 Å². The van der Waals surface area contributed by atoms with Gasteiger partial charge in [0.1, 0.15) is 0 Å². The van der Waals surface area contributed by atoms with E-state index >= 15 is 0 Å². The minimum atomic E-state index is 0.360. The summed E-state index contributed by atoms with van der Waals surface area (Å²) in [5, 5.41) is 0. The Morgan fingerprint density at radius 2 is 1.44 bits per heavy atom. The molecule has 32 heavy (non-hydrogen) atoms. The zero-order valence-corrected chi connectivity index (χ0v) is 20.4. The number of fused-ring (bicyclic) bond motifs is 3. The molecule has 0 radical (unpaired) electrons. The maximum absolute atomic E-state index is 13.1. The Kier molecular flexibility index (Phi) is 8.22. The molecule has 2 aliphatic carbocycles. The van der Waals surface area contributed by atoms with Crippen LogP contribution in [0.5, 0.6) is 0 Å². The summed E-state index contributed by atoms with van der Waals surface area (Å²) in [5.41, 5.74) is 7.90. The Morgan fingerprint density at radius 1 is 0.781 bits per heavy atom. The summed E-state index contributed by atoms with van der Waals surface area (Å²) in [6.45, 7) is 4.55. The lowest BCUT2D eigenvalue weighted by Crippen LogP contribution is -2.17. The van der Waals surface area contributed by atoms with Crippen LogP contribution in [0, 0.1) is 11.8 Å². The topological polar surface area (TPSA) is 17.1 Å². The smallest absolute Gasteiger partial charge is 0.163 e. The van der Waals surface area contributed by atoms with Gasteiger partial charge in [-0.3, -0.25) is 4.79 Å². The van der Waals surface area contributed by atoms with Crippen molar-refractivity contribution in [2.24, 2.45) is 11.8 Å².